The van der Waals surface area contributed by atoms with Crippen molar-refractivity contribution in [1.29, 1.82) is 0 Å². The lowest BCUT2D eigenvalue weighted by molar-refractivity contribution is -0.112. The molecule has 0 aliphatic carbocycles. The zero-order chi connectivity index (χ0) is 10.7. The number of carbonyl (C=O) groups is 1. The Morgan fingerprint density at radius 3 is 2.57 bits per heavy atom. The van der Waals surface area contributed by atoms with Gasteiger partial charge in [0.1, 0.15) is 0 Å². The molecule has 0 spiro atoms. The highest BCUT2D eigenvalue weighted by Gasteiger charge is 2.12. The van der Waals surface area contributed by atoms with Gasteiger partial charge in [0.05, 0.1) is 0 Å². The van der Waals surface area contributed by atoms with Crippen LogP contribution in [0.1, 0.15) is 5.56 Å². The van der Waals surface area contributed by atoms with E-state index < -0.39 is 13.0 Å². The predicted octanol–water partition coefficient (Wildman–Crippen LogP) is -1.14. The Balaban J connectivity index is 3.06. The summed E-state index contributed by atoms with van der Waals surface area (Å²) < 4.78 is 0. The van der Waals surface area contributed by atoms with Gasteiger partial charge in [-0.1, -0.05) is 30.8 Å². The van der Waals surface area contributed by atoms with E-state index in [-0.39, 0.29) is 5.57 Å². The zero-order valence-corrected chi connectivity index (χ0v) is 7.47. The molecule has 14 heavy (non-hydrogen) atoms. The molecular formula is C9H10BNO3. The number of nitrogens with two attached hydrogens (primary N) is 1. The summed E-state index contributed by atoms with van der Waals surface area (Å²) in [5.41, 5.74) is 5.96. The number of hydrogen-bond acceptors (Lipinski definition) is 3. The van der Waals surface area contributed by atoms with E-state index >= 15 is 0 Å². The summed E-state index contributed by atoms with van der Waals surface area (Å²) in [6.07, 6.45) is 0. The van der Waals surface area contributed by atoms with E-state index in [1.165, 1.54) is 12.1 Å². The van der Waals surface area contributed by atoms with Gasteiger partial charge in [-0.25, -0.2) is 0 Å². The van der Waals surface area contributed by atoms with Crippen LogP contribution in [0.4, 0.5) is 0 Å². The minimum atomic E-state index is -1.56. The molecule has 0 saturated heterocycles. The minimum absolute atomic E-state index is 0.146. The van der Waals surface area contributed by atoms with Crippen molar-refractivity contribution >= 4 is 24.1 Å². The summed E-state index contributed by atoms with van der Waals surface area (Å²) in [6.45, 7) is 3.49. The molecule has 1 aromatic rings. The molecule has 0 fully saturated rings. The first-order valence-corrected chi connectivity index (χ1v) is 3.97. The molecule has 0 aliphatic rings. The van der Waals surface area contributed by atoms with Crippen LogP contribution in [0.3, 0.4) is 0 Å². The van der Waals surface area contributed by atoms with Crippen molar-refractivity contribution in [2.75, 3.05) is 0 Å². The van der Waals surface area contributed by atoms with E-state index in [1.807, 2.05) is 0 Å². The highest BCUT2D eigenvalue weighted by Crippen LogP contribution is 2.09. The van der Waals surface area contributed by atoms with Gasteiger partial charge in [-0.05, 0) is 11.0 Å². The lowest BCUT2D eigenvalue weighted by atomic mass is 9.79. The predicted molar refractivity (Wildman–Crippen MR) is 54.5 cm³/mol. The summed E-state index contributed by atoms with van der Waals surface area (Å²) >= 11 is 0. The molecule has 0 bridgehead atoms. The Bertz CT molecular complexity index is 376. The Kier molecular flexibility index (Phi) is 3.06. The molecule has 5 heteroatoms. The zero-order valence-electron chi connectivity index (χ0n) is 7.47. The summed E-state index contributed by atoms with van der Waals surface area (Å²) in [4.78, 5) is 10.8. The topological polar surface area (TPSA) is 83.6 Å². The number of hydrogen-bond donors (Lipinski definition) is 3. The van der Waals surface area contributed by atoms with Crippen LogP contribution in [0.15, 0.2) is 30.8 Å². The Morgan fingerprint density at radius 1 is 1.43 bits per heavy atom. The Labute approximate surface area is 81.8 Å². The van der Waals surface area contributed by atoms with Crippen molar-refractivity contribution in [3.8, 4) is 0 Å². The third-order valence-corrected chi connectivity index (χ3v) is 1.83. The highest BCUT2D eigenvalue weighted by molar-refractivity contribution is 6.58. The first-order chi connectivity index (χ1) is 6.52. The van der Waals surface area contributed by atoms with Gasteiger partial charge >= 0.3 is 7.12 Å². The van der Waals surface area contributed by atoms with E-state index in [0.717, 1.165) is 0 Å². The van der Waals surface area contributed by atoms with Gasteiger partial charge in [-0.15, -0.1) is 0 Å². The fraction of sp³-hybridized carbons (Fsp3) is 0. The van der Waals surface area contributed by atoms with Crippen LogP contribution in [-0.4, -0.2) is 23.1 Å². The molecule has 0 heterocycles. The van der Waals surface area contributed by atoms with Crippen molar-refractivity contribution in [3.63, 3.8) is 0 Å². The second-order valence-corrected chi connectivity index (χ2v) is 2.84. The van der Waals surface area contributed by atoms with E-state index in [0.29, 0.717) is 11.0 Å². The maximum absolute atomic E-state index is 10.8. The van der Waals surface area contributed by atoms with Crippen molar-refractivity contribution in [1.82, 2.24) is 0 Å². The Morgan fingerprint density at radius 2 is 2.07 bits per heavy atom. The molecule has 0 unspecified atom stereocenters. The number of benzene rings is 1. The molecule has 1 aromatic carbocycles. The molecule has 72 valence electrons. The highest BCUT2D eigenvalue weighted by atomic mass is 16.4. The number of amides is 1. The van der Waals surface area contributed by atoms with Gasteiger partial charge in [-0.2, -0.15) is 0 Å². The number of rotatable bonds is 3. The van der Waals surface area contributed by atoms with Gasteiger partial charge < -0.3 is 15.8 Å². The molecule has 0 saturated carbocycles. The number of carbonyl (C=O) groups excluding carboxylic acids is 1. The molecule has 4 N–H and O–H groups in total. The molecule has 0 aliphatic heterocycles. The molecule has 1 amide bonds. The fourth-order valence-electron chi connectivity index (χ4n) is 1.03. The van der Waals surface area contributed by atoms with Crippen molar-refractivity contribution in [2.24, 2.45) is 5.73 Å². The maximum atomic E-state index is 10.8. The molecular weight excluding hydrogens is 181 g/mol. The maximum Gasteiger partial charge on any atom is 0.488 e. The number of primary amides is 1. The van der Waals surface area contributed by atoms with E-state index in [2.05, 4.69) is 6.58 Å². The molecule has 1 rings (SSSR count). The van der Waals surface area contributed by atoms with Crippen LogP contribution in [-0.2, 0) is 4.79 Å². The molecule has 0 atom stereocenters. The van der Waals surface area contributed by atoms with Crippen molar-refractivity contribution in [3.05, 3.63) is 36.4 Å². The average Bonchev–Trinajstić information content (AvgIpc) is 2.16. The standard InChI is InChI=1S/C9H10BNO3/c1-6(9(11)12)7-3-2-4-8(5-7)10(13)14/h2-5,13-14H,1H2,(H2,11,12). The van der Waals surface area contributed by atoms with Crippen LogP contribution in [0.25, 0.3) is 5.57 Å². The second kappa shape index (κ2) is 4.08. The minimum Gasteiger partial charge on any atom is -0.423 e. The molecule has 0 radical (unpaired) electrons. The van der Waals surface area contributed by atoms with Crippen LogP contribution < -0.4 is 11.2 Å². The largest absolute Gasteiger partial charge is 0.488 e. The van der Waals surface area contributed by atoms with Crippen molar-refractivity contribution < 1.29 is 14.8 Å². The third kappa shape index (κ3) is 2.22. The SMILES string of the molecule is C=C(C(N)=O)c1cccc(B(O)O)c1. The van der Waals surface area contributed by atoms with E-state index in [4.69, 9.17) is 15.8 Å². The van der Waals surface area contributed by atoms with E-state index in [9.17, 15) is 4.79 Å². The lowest BCUT2D eigenvalue weighted by Crippen LogP contribution is -2.30. The normalized spacial score (nSPS) is 9.57. The lowest BCUT2D eigenvalue weighted by Gasteiger charge is -2.04. The van der Waals surface area contributed by atoms with Crippen LogP contribution >= 0.6 is 0 Å². The van der Waals surface area contributed by atoms with Crippen LogP contribution in [0.2, 0.25) is 0 Å². The third-order valence-electron chi connectivity index (χ3n) is 1.83. The van der Waals surface area contributed by atoms with Gasteiger partial charge in [0, 0.05) is 5.57 Å². The fourth-order valence-corrected chi connectivity index (χ4v) is 1.03. The molecule has 4 nitrogen and oxygen atoms in total. The summed E-state index contributed by atoms with van der Waals surface area (Å²) in [5, 5.41) is 17.8. The second-order valence-electron chi connectivity index (χ2n) is 2.84. The Hall–Kier alpha value is -1.59. The first kappa shape index (κ1) is 10.5. The smallest absolute Gasteiger partial charge is 0.423 e. The summed E-state index contributed by atoms with van der Waals surface area (Å²) in [7, 11) is -1.56. The van der Waals surface area contributed by atoms with Crippen LogP contribution in [0.5, 0.6) is 0 Å². The van der Waals surface area contributed by atoms with Gasteiger partial charge in [0.25, 0.3) is 0 Å². The monoisotopic (exact) mass is 191 g/mol. The van der Waals surface area contributed by atoms with Gasteiger partial charge in [-0.3, -0.25) is 4.79 Å². The van der Waals surface area contributed by atoms with Crippen LogP contribution in [0, 0.1) is 0 Å². The van der Waals surface area contributed by atoms with Gasteiger partial charge in [0.2, 0.25) is 5.91 Å². The van der Waals surface area contributed by atoms with Gasteiger partial charge in [0.15, 0.2) is 0 Å². The first-order valence-electron chi connectivity index (χ1n) is 3.97. The van der Waals surface area contributed by atoms with Crippen molar-refractivity contribution in [2.45, 2.75) is 0 Å². The average molecular weight is 191 g/mol. The molecule has 0 aromatic heterocycles. The summed E-state index contributed by atoms with van der Waals surface area (Å²) in [6, 6.07) is 6.21. The quantitative estimate of drug-likeness (QED) is 0.417. The summed E-state index contributed by atoms with van der Waals surface area (Å²) in [5.74, 6) is -0.630. The van der Waals surface area contributed by atoms with E-state index in [1.54, 1.807) is 12.1 Å².